The molecule has 1 N–H and O–H groups in total. The molecule has 1 aromatic carbocycles. The van der Waals surface area contributed by atoms with Crippen molar-refractivity contribution in [1.82, 2.24) is 5.32 Å². The van der Waals surface area contributed by atoms with Crippen molar-refractivity contribution in [3.05, 3.63) is 33.3 Å². The molecule has 0 atom stereocenters. The fraction of sp³-hybridized carbons (Fsp3) is 0.538. The lowest BCUT2D eigenvalue weighted by Gasteiger charge is -2.22. The van der Waals surface area contributed by atoms with Crippen molar-refractivity contribution in [2.75, 3.05) is 19.7 Å². The van der Waals surface area contributed by atoms with Gasteiger partial charge in [0, 0.05) is 12.1 Å². The van der Waals surface area contributed by atoms with Gasteiger partial charge >= 0.3 is 0 Å². The van der Waals surface area contributed by atoms with Crippen molar-refractivity contribution in [3.63, 3.8) is 0 Å². The Morgan fingerprint density at radius 3 is 2.79 bits per heavy atom. The summed E-state index contributed by atoms with van der Waals surface area (Å²) in [4.78, 5) is 10.1. The summed E-state index contributed by atoms with van der Waals surface area (Å²) in [5, 5.41) is 14.2. The summed E-state index contributed by atoms with van der Waals surface area (Å²) in [6.45, 7) is 2.74. The topological polar surface area (TPSA) is 64.4 Å². The zero-order chi connectivity index (χ0) is 13.7. The highest BCUT2D eigenvalue weighted by Gasteiger charge is 2.14. The van der Waals surface area contributed by atoms with E-state index < -0.39 is 4.92 Å². The average Bonchev–Trinajstić information content (AvgIpc) is 2.41. The second-order valence-corrected chi connectivity index (χ2v) is 5.11. The van der Waals surface area contributed by atoms with Gasteiger partial charge in [0.05, 0.1) is 16.6 Å². The number of rotatable bonds is 5. The molecule has 1 aliphatic rings. The maximum Gasteiger partial charge on any atom is 0.271 e. The summed E-state index contributed by atoms with van der Waals surface area (Å²) in [6.07, 6.45) is 3.35. The van der Waals surface area contributed by atoms with Crippen LogP contribution in [0, 0.1) is 16.0 Å². The molecule has 0 radical (unpaired) electrons. The SMILES string of the molecule is O=[N+]([O-])c1ccc(OCCC2CCNCC2)c(Cl)c1. The molecule has 0 spiro atoms. The van der Waals surface area contributed by atoms with Gasteiger partial charge in [0.2, 0.25) is 0 Å². The standard InChI is InChI=1S/C13H17ClN2O3/c14-12-9-11(16(17)18)1-2-13(12)19-8-5-10-3-6-15-7-4-10/h1-2,9-10,15H,3-8H2. The zero-order valence-electron chi connectivity index (χ0n) is 10.6. The minimum Gasteiger partial charge on any atom is -0.492 e. The Morgan fingerprint density at radius 2 is 2.16 bits per heavy atom. The Bertz CT molecular complexity index is 448. The fourth-order valence-corrected chi connectivity index (χ4v) is 2.46. The third-order valence-corrected chi connectivity index (χ3v) is 3.66. The number of hydrogen-bond donors (Lipinski definition) is 1. The van der Waals surface area contributed by atoms with Gasteiger partial charge in [-0.3, -0.25) is 10.1 Å². The number of ether oxygens (including phenoxy) is 1. The van der Waals surface area contributed by atoms with Crippen LogP contribution >= 0.6 is 11.6 Å². The van der Waals surface area contributed by atoms with Crippen LogP contribution < -0.4 is 10.1 Å². The van der Waals surface area contributed by atoms with Crippen LogP contribution in [-0.4, -0.2) is 24.6 Å². The van der Waals surface area contributed by atoms with Crippen molar-refractivity contribution >= 4 is 17.3 Å². The molecule has 104 valence electrons. The monoisotopic (exact) mass is 284 g/mol. The van der Waals surface area contributed by atoms with Crippen molar-refractivity contribution < 1.29 is 9.66 Å². The number of nitro benzene ring substituents is 1. The highest BCUT2D eigenvalue weighted by Crippen LogP contribution is 2.29. The highest BCUT2D eigenvalue weighted by molar-refractivity contribution is 6.32. The smallest absolute Gasteiger partial charge is 0.271 e. The summed E-state index contributed by atoms with van der Waals surface area (Å²) in [5.74, 6) is 1.21. The van der Waals surface area contributed by atoms with Gasteiger partial charge in [-0.15, -0.1) is 0 Å². The molecule has 1 heterocycles. The minimum atomic E-state index is -0.468. The molecule has 1 aromatic rings. The Hall–Kier alpha value is -1.33. The number of non-ortho nitro benzene ring substituents is 1. The van der Waals surface area contributed by atoms with Gasteiger partial charge in [-0.05, 0) is 44.3 Å². The van der Waals surface area contributed by atoms with Crippen molar-refractivity contribution in [3.8, 4) is 5.75 Å². The zero-order valence-corrected chi connectivity index (χ0v) is 11.4. The van der Waals surface area contributed by atoms with Crippen LogP contribution in [0.25, 0.3) is 0 Å². The summed E-state index contributed by atoms with van der Waals surface area (Å²) in [7, 11) is 0. The summed E-state index contributed by atoms with van der Waals surface area (Å²) in [6, 6.07) is 4.29. The van der Waals surface area contributed by atoms with E-state index in [-0.39, 0.29) is 5.69 Å². The number of hydrogen-bond acceptors (Lipinski definition) is 4. The molecule has 1 fully saturated rings. The van der Waals surface area contributed by atoms with Crippen LogP contribution in [-0.2, 0) is 0 Å². The second kappa shape index (κ2) is 6.73. The summed E-state index contributed by atoms with van der Waals surface area (Å²) < 4.78 is 5.60. The van der Waals surface area contributed by atoms with E-state index in [0.29, 0.717) is 23.3 Å². The summed E-state index contributed by atoms with van der Waals surface area (Å²) >= 11 is 5.96. The molecule has 0 bridgehead atoms. The van der Waals surface area contributed by atoms with Crippen LogP contribution in [0.5, 0.6) is 5.75 Å². The predicted octanol–water partition coefficient (Wildman–Crippen LogP) is 3.02. The molecule has 5 nitrogen and oxygen atoms in total. The first-order valence-electron chi connectivity index (χ1n) is 6.44. The predicted molar refractivity (Wildman–Crippen MR) is 73.8 cm³/mol. The molecule has 1 aliphatic heterocycles. The molecule has 0 aromatic heterocycles. The van der Waals surface area contributed by atoms with Gasteiger partial charge in [-0.25, -0.2) is 0 Å². The van der Waals surface area contributed by atoms with E-state index in [1.165, 1.54) is 25.0 Å². The number of halogens is 1. The van der Waals surface area contributed by atoms with E-state index in [2.05, 4.69) is 5.32 Å². The van der Waals surface area contributed by atoms with Crippen LogP contribution in [0.4, 0.5) is 5.69 Å². The van der Waals surface area contributed by atoms with Crippen LogP contribution in [0.2, 0.25) is 5.02 Å². The highest BCUT2D eigenvalue weighted by atomic mass is 35.5. The van der Waals surface area contributed by atoms with E-state index >= 15 is 0 Å². The number of piperidine rings is 1. The first-order chi connectivity index (χ1) is 9.16. The van der Waals surface area contributed by atoms with Crippen LogP contribution in [0.3, 0.4) is 0 Å². The minimum absolute atomic E-state index is 0.0179. The molecular formula is C13H17ClN2O3. The summed E-state index contributed by atoms with van der Waals surface area (Å²) in [5.41, 5.74) is -0.0179. The quantitative estimate of drug-likeness (QED) is 0.667. The normalized spacial score (nSPS) is 16.3. The lowest BCUT2D eigenvalue weighted by molar-refractivity contribution is -0.384. The number of nitrogens with one attached hydrogen (secondary N) is 1. The third kappa shape index (κ3) is 4.08. The maximum atomic E-state index is 10.6. The Labute approximate surface area is 117 Å². The van der Waals surface area contributed by atoms with Crippen molar-refractivity contribution in [2.45, 2.75) is 19.3 Å². The van der Waals surface area contributed by atoms with Crippen LogP contribution in [0.15, 0.2) is 18.2 Å². The fourth-order valence-electron chi connectivity index (χ4n) is 2.23. The number of nitrogens with zero attached hydrogens (tertiary/aromatic N) is 1. The van der Waals surface area contributed by atoms with E-state index in [1.807, 2.05) is 0 Å². The molecule has 0 unspecified atom stereocenters. The van der Waals surface area contributed by atoms with Crippen molar-refractivity contribution in [2.24, 2.45) is 5.92 Å². The first kappa shape index (κ1) is 14.1. The molecule has 2 rings (SSSR count). The Balaban J connectivity index is 1.83. The van der Waals surface area contributed by atoms with Gasteiger partial charge in [-0.2, -0.15) is 0 Å². The van der Waals surface area contributed by atoms with Gasteiger partial charge in [0.15, 0.2) is 0 Å². The largest absolute Gasteiger partial charge is 0.492 e. The molecule has 6 heteroatoms. The molecule has 19 heavy (non-hydrogen) atoms. The molecule has 0 saturated carbocycles. The average molecular weight is 285 g/mol. The van der Waals surface area contributed by atoms with Gasteiger partial charge in [0.1, 0.15) is 5.75 Å². The van der Waals surface area contributed by atoms with Gasteiger partial charge in [-0.1, -0.05) is 11.6 Å². The number of nitro groups is 1. The number of benzene rings is 1. The lowest BCUT2D eigenvalue weighted by Crippen LogP contribution is -2.28. The van der Waals surface area contributed by atoms with E-state index in [1.54, 1.807) is 6.07 Å². The second-order valence-electron chi connectivity index (χ2n) is 4.70. The Morgan fingerprint density at radius 1 is 1.42 bits per heavy atom. The Kier molecular flexibility index (Phi) is 4.99. The van der Waals surface area contributed by atoms with E-state index in [0.717, 1.165) is 19.5 Å². The molecular weight excluding hydrogens is 268 g/mol. The van der Waals surface area contributed by atoms with Gasteiger partial charge < -0.3 is 10.1 Å². The van der Waals surface area contributed by atoms with Gasteiger partial charge in [0.25, 0.3) is 5.69 Å². The van der Waals surface area contributed by atoms with E-state index in [4.69, 9.17) is 16.3 Å². The first-order valence-corrected chi connectivity index (χ1v) is 6.82. The lowest BCUT2D eigenvalue weighted by atomic mass is 9.95. The molecule has 0 aliphatic carbocycles. The third-order valence-electron chi connectivity index (χ3n) is 3.37. The van der Waals surface area contributed by atoms with Crippen molar-refractivity contribution in [1.29, 1.82) is 0 Å². The molecule has 0 amide bonds. The van der Waals surface area contributed by atoms with Crippen LogP contribution in [0.1, 0.15) is 19.3 Å². The van der Waals surface area contributed by atoms with E-state index in [9.17, 15) is 10.1 Å². The molecule has 1 saturated heterocycles. The maximum absolute atomic E-state index is 10.6.